The summed E-state index contributed by atoms with van der Waals surface area (Å²) in [6, 6.07) is 0. The van der Waals surface area contributed by atoms with Crippen LogP contribution in [0, 0.1) is 11.8 Å². The van der Waals surface area contributed by atoms with E-state index < -0.39 is 6.10 Å². The molecule has 1 aliphatic heterocycles. The average Bonchev–Trinajstić information content (AvgIpc) is 2.06. The average molecular weight is 172 g/mol. The van der Waals surface area contributed by atoms with Gasteiger partial charge in [-0.2, -0.15) is 0 Å². The first-order valence-electron chi connectivity index (χ1n) is 4.51. The van der Waals surface area contributed by atoms with E-state index in [-0.39, 0.29) is 17.8 Å². The van der Waals surface area contributed by atoms with Crippen molar-refractivity contribution in [3.05, 3.63) is 0 Å². The Bertz CT molecular complexity index is 167. The third kappa shape index (κ3) is 1.78. The third-order valence-corrected chi connectivity index (χ3v) is 2.39. The highest BCUT2D eigenvalue weighted by Crippen LogP contribution is 2.24. The summed E-state index contributed by atoms with van der Waals surface area (Å²) in [4.78, 5) is 11.2. The van der Waals surface area contributed by atoms with E-state index in [4.69, 9.17) is 4.74 Å². The van der Waals surface area contributed by atoms with Gasteiger partial charge in [-0.1, -0.05) is 20.3 Å². The molecule has 3 nitrogen and oxygen atoms in total. The molecule has 0 aromatic rings. The molecule has 70 valence electrons. The molecule has 0 amide bonds. The molecule has 0 bridgehead atoms. The Hall–Kier alpha value is -0.570. The number of rotatable bonds is 2. The van der Waals surface area contributed by atoms with Gasteiger partial charge < -0.3 is 9.84 Å². The van der Waals surface area contributed by atoms with Crippen LogP contribution in [0.4, 0.5) is 0 Å². The fourth-order valence-corrected chi connectivity index (χ4v) is 1.55. The molecule has 3 heteroatoms. The molecular formula is C9H16O3. The van der Waals surface area contributed by atoms with Gasteiger partial charge in [0.1, 0.15) is 0 Å². The number of hydrogen-bond acceptors (Lipinski definition) is 3. The van der Waals surface area contributed by atoms with Crippen LogP contribution in [0.5, 0.6) is 0 Å². The molecular weight excluding hydrogens is 156 g/mol. The summed E-state index contributed by atoms with van der Waals surface area (Å²) in [6.45, 7) is 4.26. The van der Waals surface area contributed by atoms with Crippen molar-refractivity contribution >= 4 is 5.97 Å². The minimum atomic E-state index is -0.508. The van der Waals surface area contributed by atoms with Crippen LogP contribution in [0.25, 0.3) is 0 Å². The number of esters is 1. The van der Waals surface area contributed by atoms with Gasteiger partial charge in [-0.15, -0.1) is 0 Å². The first-order chi connectivity index (χ1) is 5.66. The van der Waals surface area contributed by atoms with E-state index in [1.807, 2.05) is 13.8 Å². The van der Waals surface area contributed by atoms with Crippen molar-refractivity contribution in [2.24, 2.45) is 11.8 Å². The van der Waals surface area contributed by atoms with Crippen molar-refractivity contribution in [1.29, 1.82) is 0 Å². The lowest BCUT2D eigenvalue weighted by atomic mass is 9.87. The Labute approximate surface area is 72.7 Å². The Morgan fingerprint density at radius 1 is 1.67 bits per heavy atom. The molecule has 1 saturated heterocycles. The summed E-state index contributed by atoms with van der Waals surface area (Å²) < 4.78 is 4.93. The lowest BCUT2D eigenvalue weighted by Crippen LogP contribution is -2.42. The van der Waals surface area contributed by atoms with Gasteiger partial charge >= 0.3 is 5.97 Å². The molecule has 3 atom stereocenters. The Morgan fingerprint density at radius 2 is 2.33 bits per heavy atom. The van der Waals surface area contributed by atoms with E-state index in [0.29, 0.717) is 6.61 Å². The highest BCUT2D eigenvalue weighted by molar-refractivity contribution is 5.73. The van der Waals surface area contributed by atoms with Crippen molar-refractivity contribution in [3.8, 4) is 0 Å². The SMILES string of the molecule is CCC[C@H]1C(=O)OC[C@H](C)[C@@H]1O. The number of hydrogen-bond donors (Lipinski definition) is 1. The normalized spacial score (nSPS) is 36.2. The van der Waals surface area contributed by atoms with Crippen LogP contribution in [0.2, 0.25) is 0 Å². The maximum Gasteiger partial charge on any atom is 0.311 e. The van der Waals surface area contributed by atoms with Gasteiger partial charge in [-0.05, 0) is 6.42 Å². The van der Waals surface area contributed by atoms with E-state index in [0.717, 1.165) is 12.8 Å². The van der Waals surface area contributed by atoms with E-state index in [2.05, 4.69) is 0 Å². The lowest BCUT2D eigenvalue weighted by molar-refractivity contribution is -0.166. The Kier molecular flexibility index (Phi) is 3.09. The molecule has 12 heavy (non-hydrogen) atoms. The van der Waals surface area contributed by atoms with Crippen LogP contribution in [0.3, 0.4) is 0 Å². The van der Waals surface area contributed by atoms with Crippen LogP contribution < -0.4 is 0 Å². The monoisotopic (exact) mass is 172 g/mol. The highest BCUT2D eigenvalue weighted by atomic mass is 16.5. The first kappa shape index (κ1) is 9.52. The molecule has 0 saturated carbocycles. The molecule has 1 aliphatic rings. The van der Waals surface area contributed by atoms with Gasteiger partial charge in [0.15, 0.2) is 0 Å². The molecule has 0 spiro atoms. The van der Waals surface area contributed by atoms with Crippen molar-refractivity contribution in [2.45, 2.75) is 32.8 Å². The van der Waals surface area contributed by atoms with Crippen molar-refractivity contribution in [1.82, 2.24) is 0 Å². The number of carbonyl (C=O) groups excluding carboxylic acids is 1. The molecule has 0 aromatic heterocycles. The standard InChI is InChI=1S/C9H16O3/c1-3-4-7-8(10)6(2)5-12-9(7)11/h6-8,10H,3-5H2,1-2H3/t6-,7+,8-/m0/s1. The number of aliphatic hydroxyl groups excluding tert-OH is 1. The quantitative estimate of drug-likeness (QED) is 0.631. The van der Waals surface area contributed by atoms with Crippen LogP contribution in [0.15, 0.2) is 0 Å². The molecule has 0 aromatic carbocycles. The van der Waals surface area contributed by atoms with Crippen molar-refractivity contribution in [2.75, 3.05) is 6.61 Å². The van der Waals surface area contributed by atoms with Gasteiger partial charge in [-0.25, -0.2) is 0 Å². The zero-order valence-electron chi connectivity index (χ0n) is 7.62. The van der Waals surface area contributed by atoms with Crippen LogP contribution in [-0.2, 0) is 9.53 Å². The topological polar surface area (TPSA) is 46.5 Å². The fraction of sp³-hybridized carbons (Fsp3) is 0.889. The lowest BCUT2D eigenvalue weighted by Gasteiger charge is -2.31. The summed E-state index contributed by atoms with van der Waals surface area (Å²) in [5.41, 5.74) is 0. The molecule has 0 unspecified atom stereocenters. The van der Waals surface area contributed by atoms with Gasteiger partial charge in [-0.3, -0.25) is 4.79 Å². The summed E-state index contributed by atoms with van der Waals surface area (Å²) in [7, 11) is 0. The van der Waals surface area contributed by atoms with Crippen LogP contribution in [0.1, 0.15) is 26.7 Å². The second-order valence-corrected chi connectivity index (χ2v) is 3.49. The zero-order valence-corrected chi connectivity index (χ0v) is 7.62. The van der Waals surface area contributed by atoms with Crippen LogP contribution in [-0.4, -0.2) is 23.8 Å². The smallest absolute Gasteiger partial charge is 0.311 e. The van der Waals surface area contributed by atoms with Gasteiger partial charge in [0.25, 0.3) is 0 Å². The third-order valence-electron chi connectivity index (χ3n) is 2.39. The minimum Gasteiger partial charge on any atom is -0.465 e. The van der Waals surface area contributed by atoms with E-state index in [1.165, 1.54) is 0 Å². The summed E-state index contributed by atoms with van der Waals surface area (Å²) in [5, 5.41) is 9.64. The molecule has 1 N–H and O–H groups in total. The fourth-order valence-electron chi connectivity index (χ4n) is 1.55. The Morgan fingerprint density at radius 3 is 2.92 bits per heavy atom. The zero-order chi connectivity index (χ0) is 9.14. The van der Waals surface area contributed by atoms with Gasteiger partial charge in [0.2, 0.25) is 0 Å². The second-order valence-electron chi connectivity index (χ2n) is 3.49. The molecule has 0 radical (unpaired) electrons. The van der Waals surface area contributed by atoms with E-state index in [9.17, 15) is 9.90 Å². The largest absolute Gasteiger partial charge is 0.465 e. The maximum atomic E-state index is 11.2. The molecule has 1 rings (SSSR count). The maximum absolute atomic E-state index is 11.2. The summed E-state index contributed by atoms with van der Waals surface area (Å²) in [6.07, 6.45) is 1.12. The van der Waals surface area contributed by atoms with Crippen molar-refractivity contribution in [3.63, 3.8) is 0 Å². The van der Waals surface area contributed by atoms with Gasteiger partial charge in [0, 0.05) is 5.92 Å². The minimum absolute atomic E-state index is 0.0826. The number of ether oxygens (including phenoxy) is 1. The summed E-state index contributed by atoms with van der Waals surface area (Å²) in [5.74, 6) is -0.444. The number of carbonyl (C=O) groups is 1. The predicted molar refractivity (Wildman–Crippen MR) is 44.5 cm³/mol. The molecule has 1 fully saturated rings. The second kappa shape index (κ2) is 3.90. The first-order valence-corrected chi connectivity index (χ1v) is 4.51. The molecule has 1 heterocycles. The predicted octanol–water partition coefficient (Wildman–Crippen LogP) is 0.956. The highest BCUT2D eigenvalue weighted by Gasteiger charge is 2.36. The number of aliphatic hydroxyl groups is 1. The number of cyclic esters (lactones) is 1. The molecule has 0 aliphatic carbocycles. The van der Waals surface area contributed by atoms with E-state index >= 15 is 0 Å². The van der Waals surface area contributed by atoms with Crippen LogP contribution >= 0.6 is 0 Å². The Balaban J connectivity index is 2.58. The van der Waals surface area contributed by atoms with Crippen molar-refractivity contribution < 1.29 is 14.6 Å². The summed E-state index contributed by atoms with van der Waals surface area (Å²) >= 11 is 0. The van der Waals surface area contributed by atoms with Gasteiger partial charge in [0.05, 0.1) is 18.6 Å². The van der Waals surface area contributed by atoms with E-state index in [1.54, 1.807) is 0 Å².